The molecule has 90 valence electrons. The van der Waals surface area contributed by atoms with E-state index >= 15 is 0 Å². The zero-order valence-electron chi connectivity index (χ0n) is 9.95. The molecular weight excluding hydrogens is 238 g/mol. The minimum absolute atomic E-state index is 0.169. The second-order valence-corrected chi connectivity index (χ2v) is 5.74. The molecule has 0 spiro atoms. The van der Waals surface area contributed by atoms with Crippen LogP contribution in [0.4, 0.5) is 0 Å². The highest BCUT2D eigenvalue weighted by molar-refractivity contribution is 7.99. The topological polar surface area (TPSA) is 26.0 Å². The largest absolute Gasteiger partial charge is 0.327 e. The molecule has 16 heavy (non-hydrogen) atoms. The van der Waals surface area contributed by atoms with Gasteiger partial charge >= 0.3 is 0 Å². The lowest BCUT2D eigenvalue weighted by Gasteiger charge is -2.20. The van der Waals surface area contributed by atoms with Gasteiger partial charge in [-0.1, -0.05) is 37.1 Å². The van der Waals surface area contributed by atoms with E-state index in [-0.39, 0.29) is 6.04 Å². The summed E-state index contributed by atoms with van der Waals surface area (Å²) < 4.78 is 0. The molecule has 0 saturated heterocycles. The van der Waals surface area contributed by atoms with Gasteiger partial charge in [0.05, 0.1) is 0 Å². The first-order chi connectivity index (χ1) is 7.65. The Morgan fingerprint density at radius 3 is 2.44 bits per heavy atom. The van der Waals surface area contributed by atoms with Gasteiger partial charge in [0.1, 0.15) is 0 Å². The number of benzene rings is 1. The minimum Gasteiger partial charge on any atom is -0.327 e. The van der Waals surface area contributed by atoms with Crippen molar-refractivity contribution in [3.63, 3.8) is 0 Å². The second-order valence-electron chi connectivity index (χ2n) is 4.06. The first-order valence-corrected chi connectivity index (χ1v) is 7.20. The van der Waals surface area contributed by atoms with Gasteiger partial charge in [0.15, 0.2) is 0 Å². The van der Waals surface area contributed by atoms with E-state index < -0.39 is 0 Å². The number of nitrogens with two attached hydrogens (primary N) is 1. The second kappa shape index (κ2) is 7.21. The van der Waals surface area contributed by atoms with E-state index in [9.17, 15) is 0 Å². The fourth-order valence-corrected chi connectivity index (χ4v) is 3.05. The molecule has 0 aliphatic heterocycles. The molecule has 0 aromatic heterocycles. The number of hydrogen-bond donors (Lipinski definition) is 1. The fraction of sp³-hybridized carbons (Fsp3) is 0.538. The number of halogens is 1. The van der Waals surface area contributed by atoms with Crippen molar-refractivity contribution in [2.75, 3.05) is 5.75 Å². The molecule has 2 unspecified atom stereocenters. The molecule has 1 aromatic carbocycles. The summed E-state index contributed by atoms with van der Waals surface area (Å²) in [5.74, 6) is 1.17. The summed E-state index contributed by atoms with van der Waals surface area (Å²) >= 11 is 7.83. The summed E-state index contributed by atoms with van der Waals surface area (Å²) in [7, 11) is 0. The Balaban J connectivity index is 2.65. The summed E-state index contributed by atoms with van der Waals surface area (Å²) in [5.41, 5.74) is 7.31. The van der Waals surface area contributed by atoms with Crippen LogP contribution in [0.3, 0.4) is 0 Å². The van der Waals surface area contributed by atoms with Crippen LogP contribution in [0.5, 0.6) is 0 Å². The molecule has 3 heteroatoms. The Labute approximate surface area is 108 Å². The quantitative estimate of drug-likeness (QED) is 0.771. The minimum atomic E-state index is 0.169. The molecule has 1 rings (SSSR count). The summed E-state index contributed by atoms with van der Waals surface area (Å²) in [6.45, 7) is 4.28. The van der Waals surface area contributed by atoms with E-state index in [0.717, 1.165) is 5.02 Å². The van der Waals surface area contributed by atoms with Gasteiger partial charge in [-0.25, -0.2) is 0 Å². The Morgan fingerprint density at radius 2 is 1.94 bits per heavy atom. The monoisotopic (exact) mass is 257 g/mol. The first-order valence-electron chi connectivity index (χ1n) is 5.77. The van der Waals surface area contributed by atoms with Crippen LogP contribution in [0, 0.1) is 0 Å². The van der Waals surface area contributed by atoms with E-state index in [1.807, 2.05) is 23.9 Å². The van der Waals surface area contributed by atoms with Crippen molar-refractivity contribution in [1.29, 1.82) is 0 Å². The van der Waals surface area contributed by atoms with Gasteiger partial charge in [-0.15, -0.1) is 0 Å². The Morgan fingerprint density at radius 1 is 1.31 bits per heavy atom. The Hall–Kier alpha value is -0.180. The zero-order valence-corrected chi connectivity index (χ0v) is 11.5. The number of thioether (sulfide) groups is 1. The Bertz CT molecular complexity index is 297. The highest BCUT2D eigenvalue weighted by atomic mass is 35.5. The number of rotatable bonds is 6. The van der Waals surface area contributed by atoms with Crippen LogP contribution < -0.4 is 5.73 Å². The van der Waals surface area contributed by atoms with E-state index in [1.165, 1.54) is 24.2 Å². The van der Waals surface area contributed by atoms with Crippen LogP contribution in [0.25, 0.3) is 0 Å². The van der Waals surface area contributed by atoms with Crippen molar-refractivity contribution in [3.05, 3.63) is 34.9 Å². The van der Waals surface area contributed by atoms with Crippen molar-refractivity contribution >= 4 is 23.4 Å². The van der Waals surface area contributed by atoms with E-state index in [1.54, 1.807) is 0 Å². The lowest BCUT2D eigenvalue weighted by molar-refractivity contribution is 0.719. The molecule has 1 nitrogen and oxygen atoms in total. The van der Waals surface area contributed by atoms with Gasteiger partial charge in [-0.2, -0.15) is 11.8 Å². The van der Waals surface area contributed by atoms with E-state index in [4.69, 9.17) is 17.3 Å². The third-order valence-corrected chi connectivity index (χ3v) is 4.31. The average Bonchev–Trinajstić information content (AvgIpc) is 2.26. The number of unbranched alkanes of at least 4 members (excludes halogenated alkanes) is 1. The maximum absolute atomic E-state index is 6.04. The van der Waals surface area contributed by atoms with Crippen molar-refractivity contribution in [3.8, 4) is 0 Å². The van der Waals surface area contributed by atoms with Crippen LogP contribution in [0.15, 0.2) is 24.3 Å². The average molecular weight is 258 g/mol. The molecule has 0 aliphatic rings. The third-order valence-electron chi connectivity index (χ3n) is 2.47. The van der Waals surface area contributed by atoms with Crippen LogP contribution in [0.1, 0.15) is 37.5 Å². The van der Waals surface area contributed by atoms with Gasteiger partial charge in [-0.05, 0) is 36.8 Å². The summed E-state index contributed by atoms with van der Waals surface area (Å²) in [6, 6.07) is 8.20. The van der Waals surface area contributed by atoms with Gasteiger partial charge < -0.3 is 5.73 Å². The molecule has 1 aromatic rings. The standard InChI is InChI=1S/C13H20ClNS/c1-3-4-9-16-13(10(2)15)11-5-7-12(14)8-6-11/h5-8,10,13H,3-4,9,15H2,1-2H3. The van der Waals surface area contributed by atoms with Gasteiger partial charge in [-0.3, -0.25) is 0 Å². The normalized spacial score (nSPS) is 14.8. The molecule has 2 N–H and O–H groups in total. The predicted molar refractivity (Wildman–Crippen MR) is 75.2 cm³/mol. The molecule has 0 aliphatic carbocycles. The lowest BCUT2D eigenvalue weighted by atomic mass is 10.1. The van der Waals surface area contributed by atoms with Crippen molar-refractivity contribution in [2.24, 2.45) is 5.73 Å². The van der Waals surface area contributed by atoms with E-state index in [2.05, 4.69) is 26.0 Å². The van der Waals surface area contributed by atoms with Gasteiger partial charge in [0, 0.05) is 16.3 Å². The van der Waals surface area contributed by atoms with Crippen molar-refractivity contribution in [1.82, 2.24) is 0 Å². The molecule has 0 heterocycles. The highest BCUT2D eigenvalue weighted by Crippen LogP contribution is 2.32. The van der Waals surface area contributed by atoms with Crippen molar-refractivity contribution < 1.29 is 0 Å². The summed E-state index contributed by atoms with van der Waals surface area (Å²) in [4.78, 5) is 0. The third kappa shape index (κ3) is 4.36. The van der Waals surface area contributed by atoms with Gasteiger partial charge in [0.2, 0.25) is 0 Å². The molecule has 0 bridgehead atoms. The van der Waals surface area contributed by atoms with Gasteiger partial charge in [0.25, 0.3) is 0 Å². The first kappa shape index (κ1) is 13.9. The molecule has 0 fully saturated rings. The molecular formula is C13H20ClNS. The summed E-state index contributed by atoms with van der Waals surface area (Å²) in [5, 5.41) is 1.16. The SMILES string of the molecule is CCCCSC(c1ccc(Cl)cc1)C(C)N. The molecule has 0 radical (unpaired) electrons. The maximum atomic E-state index is 6.04. The predicted octanol–water partition coefficient (Wildman–Crippen LogP) is 4.26. The Kier molecular flexibility index (Phi) is 6.25. The van der Waals surface area contributed by atoms with Crippen LogP contribution >= 0.6 is 23.4 Å². The maximum Gasteiger partial charge on any atom is 0.0445 e. The number of hydrogen-bond acceptors (Lipinski definition) is 2. The van der Waals surface area contributed by atoms with Crippen LogP contribution in [-0.2, 0) is 0 Å². The van der Waals surface area contributed by atoms with Crippen molar-refractivity contribution in [2.45, 2.75) is 38.0 Å². The smallest absolute Gasteiger partial charge is 0.0445 e. The lowest BCUT2D eigenvalue weighted by Crippen LogP contribution is -2.22. The molecule has 2 atom stereocenters. The molecule has 0 saturated carbocycles. The highest BCUT2D eigenvalue weighted by Gasteiger charge is 2.16. The van der Waals surface area contributed by atoms with Crippen LogP contribution in [-0.4, -0.2) is 11.8 Å². The summed E-state index contributed by atoms with van der Waals surface area (Å²) in [6.07, 6.45) is 2.49. The van der Waals surface area contributed by atoms with E-state index in [0.29, 0.717) is 5.25 Å². The fourth-order valence-electron chi connectivity index (χ4n) is 1.56. The van der Waals surface area contributed by atoms with Crippen LogP contribution in [0.2, 0.25) is 5.02 Å². The zero-order chi connectivity index (χ0) is 12.0. The molecule has 0 amide bonds.